The first-order valence-electron chi connectivity index (χ1n) is 13.1. The lowest BCUT2D eigenvalue weighted by Gasteiger charge is -2.23. The van der Waals surface area contributed by atoms with E-state index in [-0.39, 0.29) is 30.5 Å². The van der Waals surface area contributed by atoms with E-state index < -0.39 is 0 Å². The molecule has 39 heavy (non-hydrogen) atoms. The largest absolute Gasteiger partial charge is 0.493 e. The Morgan fingerprint density at radius 1 is 1.13 bits per heavy atom. The van der Waals surface area contributed by atoms with Gasteiger partial charge in [-0.3, -0.25) is 19.2 Å². The number of hydrogen-bond donors (Lipinski definition) is 1. The normalized spacial score (nSPS) is 20.2. The van der Waals surface area contributed by atoms with Crippen LogP contribution in [0.5, 0.6) is 17.2 Å². The summed E-state index contributed by atoms with van der Waals surface area (Å²) in [5, 5.41) is 7.30. The number of rotatable bonds is 4. The molecule has 3 aromatic rings. The highest BCUT2D eigenvalue weighted by atomic mass is 16.5. The number of amides is 2. The maximum absolute atomic E-state index is 13.1. The lowest BCUT2D eigenvalue weighted by atomic mass is 10.1. The Bertz CT molecular complexity index is 1320. The summed E-state index contributed by atoms with van der Waals surface area (Å²) in [6.45, 7) is 1.92. The molecule has 0 unspecified atom stereocenters. The number of likely N-dealkylation sites (N-methyl/N-ethyl adjacent to an activating group) is 1. The lowest BCUT2D eigenvalue weighted by molar-refractivity contribution is -0.130. The van der Waals surface area contributed by atoms with Crippen LogP contribution >= 0.6 is 0 Å². The van der Waals surface area contributed by atoms with E-state index in [1.54, 1.807) is 22.9 Å². The summed E-state index contributed by atoms with van der Waals surface area (Å²) >= 11 is 0. The number of benzene rings is 2. The van der Waals surface area contributed by atoms with Gasteiger partial charge < -0.3 is 24.4 Å². The van der Waals surface area contributed by atoms with Gasteiger partial charge in [0.15, 0.2) is 11.5 Å². The van der Waals surface area contributed by atoms with Gasteiger partial charge >= 0.3 is 0 Å². The van der Waals surface area contributed by atoms with Gasteiger partial charge in [-0.25, -0.2) is 0 Å². The van der Waals surface area contributed by atoms with Crippen LogP contribution in [-0.2, 0) is 40.9 Å². The van der Waals surface area contributed by atoms with Crippen LogP contribution in [0.25, 0.3) is 0 Å². The fourth-order valence-electron chi connectivity index (χ4n) is 5.09. The molecule has 1 N–H and O–H groups in total. The number of aromatic nitrogens is 2. The highest BCUT2D eigenvalue weighted by Gasteiger charge is 2.37. The van der Waals surface area contributed by atoms with Crippen LogP contribution in [0.3, 0.4) is 0 Å². The Balaban J connectivity index is 1.33. The van der Waals surface area contributed by atoms with Crippen molar-refractivity contribution in [2.75, 3.05) is 33.8 Å². The molecule has 4 bridgehead atoms. The maximum Gasteiger partial charge on any atom is 0.234 e. The molecule has 10 heteroatoms. The molecule has 1 saturated heterocycles. The summed E-state index contributed by atoms with van der Waals surface area (Å²) in [6.07, 6.45) is 4.37. The fourth-order valence-corrected chi connectivity index (χ4v) is 5.09. The summed E-state index contributed by atoms with van der Waals surface area (Å²) in [5.74, 6) is 1.84. The van der Waals surface area contributed by atoms with E-state index in [0.29, 0.717) is 56.3 Å². The SMILES string of the molecule is COc1ccc2cc1Oc1cccc(c1)CO[C@H]1CN(C(=O)CCc3cnn(C)c3)C[C@@H]1NC(=O)CN(C)C2. The minimum Gasteiger partial charge on any atom is -0.493 e. The maximum atomic E-state index is 13.1. The van der Waals surface area contributed by atoms with Crippen molar-refractivity contribution in [2.45, 2.75) is 38.1 Å². The van der Waals surface area contributed by atoms with Crippen molar-refractivity contribution in [1.82, 2.24) is 24.9 Å². The third-order valence-electron chi connectivity index (χ3n) is 7.04. The summed E-state index contributed by atoms with van der Waals surface area (Å²) in [5.41, 5.74) is 2.95. The van der Waals surface area contributed by atoms with Crippen LogP contribution in [0.1, 0.15) is 23.1 Å². The van der Waals surface area contributed by atoms with Crippen LogP contribution in [0.4, 0.5) is 0 Å². The van der Waals surface area contributed by atoms with Crippen molar-refractivity contribution >= 4 is 11.8 Å². The Labute approximate surface area is 228 Å². The lowest BCUT2D eigenvalue weighted by Crippen LogP contribution is -2.47. The van der Waals surface area contributed by atoms with E-state index in [0.717, 1.165) is 16.7 Å². The molecule has 0 spiro atoms. The summed E-state index contributed by atoms with van der Waals surface area (Å²) in [4.78, 5) is 29.8. The minimum atomic E-state index is -0.327. The number of fused-ring (bicyclic) bond motifs is 5. The molecule has 10 nitrogen and oxygen atoms in total. The zero-order valence-electron chi connectivity index (χ0n) is 22.6. The number of ether oxygens (including phenoxy) is 3. The molecule has 2 aromatic carbocycles. The van der Waals surface area contributed by atoms with Crippen LogP contribution < -0.4 is 14.8 Å². The van der Waals surface area contributed by atoms with E-state index in [2.05, 4.69) is 10.4 Å². The standard InChI is InChI=1S/C29H35N5O5/c1-32-14-20-7-9-25(37-3)26(12-20)39-23-6-4-5-21(11-23)19-38-27-17-34(16-24(27)31-28(35)18-32)29(36)10-8-22-13-30-33(2)15-22/h4-7,9,11-13,15,24,27H,8,10,14,16-19H2,1-3H3,(H,31,35)/t24-,27-/m0/s1. The molecule has 0 saturated carbocycles. The molecule has 0 radical (unpaired) electrons. The molecule has 2 aliphatic rings. The highest BCUT2D eigenvalue weighted by molar-refractivity contribution is 5.79. The van der Waals surface area contributed by atoms with Gasteiger partial charge in [0.2, 0.25) is 11.8 Å². The van der Waals surface area contributed by atoms with Crippen molar-refractivity contribution in [3.63, 3.8) is 0 Å². The number of nitrogens with zero attached hydrogens (tertiary/aromatic N) is 4. The van der Waals surface area contributed by atoms with Crippen LogP contribution in [0, 0.1) is 0 Å². The summed E-state index contributed by atoms with van der Waals surface area (Å²) in [7, 11) is 5.37. The first-order valence-corrected chi connectivity index (χ1v) is 13.1. The number of nitrogens with one attached hydrogen (secondary N) is 1. The Hall–Kier alpha value is -3.89. The quantitative estimate of drug-likeness (QED) is 0.550. The first kappa shape index (κ1) is 26.7. The van der Waals surface area contributed by atoms with Crippen LogP contribution in [0.2, 0.25) is 0 Å². The molecule has 206 valence electrons. The minimum absolute atomic E-state index is 0.0378. The van der Waals surface area contributed by atoms with E-state index in [1.807, 2.05) is 67.7 Å². The predicted octanol–water partition coefficient (Wildman–Crippen LogP) is 2.51. The second-order valence-corrected chi connectivity index (χ2v) is 10.3. The van der Waals surface area contributed by atoms with Gasteiger partial charge in [-0.2, -0.15) is 5.10 Å². The zero-order valence-corrected chi connectivity index (χ0v) is 22.6. The highest BCUT2D eigenvalue weighted by Crippen LogP contribution is 2.33. The van der Waals surface area contributed by atoms with Crippen molar-refractivity contribution in [1.29, 1.82) is 0 Å². The third kappa shape index (κ3) is 6.76. The van der Waals surface area contributed by atoms with Gasteiger partial charge in [-0.15, -0.1) is 0 Å². The van der Waals surface area contributed by atoms with Gasteiger partial charge in [0, 0.05) is 39.3 Å². The number of likely N-dealkylation sites (tertiary alicyclic amines) is 1. The summed E-state index contributed by atoms with van der Waals surface area (Å²) < 4.78 is 19.7. The number of carbonyl (C=O) groups is 2. The number of methoxy groups -OCH3 is 1. The number of aryl methyl sites for hydroxylation is 2. The number of carbonyl (C=O) groups excluding carboxylic acids is 2. The topological polar surface area (TPSA) is 98.2 Å². The molecule has 3 heterocycles. The molecule has 1 fully saturated rings. The Morgan fingerprint density at radius 2 is 2.00 bits per heavy atom. The molecular weight excluding hydrogens is 498 g/mol. The van der Waals surface area contributed by atoms with E-state index in [9.17, 15) is 9.59 Å². The van der Waals surface area contributed by atoms with Crippen molar-refractivity contribution in [3.05, 3.63) is 71.5 Å². The van der Waals surface area contributed by atoms with Gasteiger partial charge in [-0.05, 0) is 54.4 Å². The van der Waals surface area contributed by atoms with Gasteiger partial charge in [0.1, 0.15) is 5.75 Å². The molecule has 2 aliphatic heterocycles. The van der Waals surface area contributed by atoms with Crippen molar-refractivity contribution < 1.29 is 23.8 Å². The predicted molar refractivity (Wildman–Crippen MR) is 144 cm³/mol. The molecule has 1 aromatic heterocycles. The average molecular weight is 534 g/mol. The second kappa shape index (κ2) is 11.9. The molecular formula is C29H35N5O5. The Kier molecular flexibility index (Phi) is 8.13. The molecule has 2 atom stereocenters. The number of hydrogen-bond acceptors (Lipinski definition) is 7. The van der Waals surface area contributed by atoms with E-state index >= 15 is 0 Å². The van der Waals surface area contributed by atoms with Crippen LogP contribution in [-0.4, -0.2) is 77.3 Å². The van der Waals surface area contributed by atoms with Crippen LogP contribution in [0.15, 0.2) is 54.9 Å². The monoisotopic (exact) mass is 533 g/mol. The van der Waals surface area contributed by atoms with Gasteiger partial charge in [0.05, 0.1) is 38.6 Å². The van der Waals surface area contributed by atoms with Crippen molar-refractivity contribution in [2.24, 2.45) is 7.05 Å². The van der Waals surface area contributed by atoms with Gasteiger partial charge in [0.25, 0.3) is 0 Å². The molecule has 5 rings (SSSR count). The second-order valence-electron chi connectivity index (χ2n) is 10.3. The average Bonchev–Trinajstić information content (AvgIpc) is 3.51. The smallest absolute Gasteiger partial charge is 0.234 e. The zero-order chi connectivity index (χ0) is 27.4. The molecule has 2 amide bonds. The Morgan fingerprint density at radius 3 is 2.79 bits per heavy atom. The van der Waals surface area contributed by atoms with E-state index in [4.69, 9.17) is 14.2 Å². The summed E-state index contributed by atoms with van der Waals surface area (Å²) in [6, 6.07) is 13.2. The van der Waals surface area contributed by atoms with Crippen molar-refractivity contribution in [3.8, 4) is 17.2 Å². The van der Waals surface area contributed by atoms with E-state index in [1.165, 1.54) is 0 Å². The van der Waals surface area contributed by atoms with Gasteiger partial charge in [-0.1, -0.05) is 18.2 Å². The molecule has 0 aliphatic carbocycles. The first-order chi connectivity index (χ1) is 18.9. The fraction of sp³-hybridized carbons (Fsp3) is 0.414. The third-order valence-corrected chi connectivity index (χ3v) is 7.04.